The van der Waals surface area contributed by atoms with Gasteiger partial charge in [0.1, 0.15) is 0 Å². The predicted molar refractivity (Wildman–Crippen MR) is 92.9 cm³/mol. The highest BCUT2D eigenvalue weighted by atomic mass is 35.5. The van der Waals surface area contributed by atoms with Gasteiger partial charge in [-0.2, -0.15) is 16.9 Å². The first-order valence-electron chi connectivity index (χ1n) is 7.99. The molecule has 1 aromatic heterocycles. The molecule has 22 heavy (non-hydrogen) atoms. The van der Waals surface area contributed by atoms with E-state index in [4.69, 9.17) is 0 Å². The Labute approximate surface area is 142 Å². The lowest BCUT2D eigenvalue weighted by molar-refractivity contribution is 0.0923. The summed E-state index contributed by atoms with van der Waals surface area (Å²) in [4.78, 5) is 12.6. The van der Waals surface area contributed by atoms with Crippen LogP contribution in [0.2, 0.25) is 0 Å². The third-order valence-electron chi connectivity index (χ3n) is 4.42. The van der Waals surface area contributed by atoms with Crippen molar-refractivity contribution in [1.82, 2.24) is 20.8 Å². The molecule has 2 aliphatic rings. The quantitative estimate of drug-likeness (QED) is 0.783. The zero-order valence-corrected chi connectivity index (χ0v) is 14.6. The second-order valence-electron chi connectivity index (χ2n) is 5.81. The molecule has 1 aliphatic carbocycles. The van der Waals surface area contributed by atoms with Crippen LogP contribution in [0.5, 0.6) is 0 Å². The Kier molecular flexibility index (Phi) is 6.59. The minimum atomic E-state index is -0.00944. The van der Waals surface area contributed by atoms with Crippen molar-refractivity contribution in [1.29, 1.82) is 0 Å². The maximum atomic E-state index is 12.6. The highest BCUT2D eigenvalue weighted by molar-refractivity contribution is 7.99. The molecule has 0 spiro atoms. The fourth-order valence-electron chi connectivity index (χ4n) is 3.33. The number of nitrogens with one attached hydrogen (secondary N) is 3. The highest BCUT2D eigenvalue weighted by Crippen LogP contribution is 2.29. The second kappa shape index (κ2) is 8.22. The first-order chi connectivity index (χ1) is 10.3. The molecule has 2 heterocycles. The number of amides is 1. The maximum absolute atomic E-state index is 12.6. The number of rotatable bonds is 4. The van der Waals surface area contributed by atoms with Gasteiger partial charge >= 0.3 is 0 Å². The molecule has 1 amide bonds. The first kappa shape index (κ1) is 17.6. The molecular formula is C15H25ClN4OS. The van der Waals surface area contributed by atoms with Gasteiger partial charge in [-0.05, 0) is 18.6 Å². The van der Waals surface area contributed by atoms with E-state index in [0.717, 1.165) is 42.9 Å². The summed E-state index contributed by atoms with van der Waals surface area (Å²) < 4.78 is 0. The van der Waals surface area contributed by atoms with Crippen LogP contribution in [-0.4, -0.2) is 39.7 Å². The van der Waals surface area contributed by atoms with E-state index in [1.165, 1.54) is 19.3 Å². The van der Waals surface area contributed by atoms with Gasteiger partial charge in [0, 0.05) is 42.1 Å². The SMILES string of the molecule is CCSC1CCCCC1NC(=O)c1n[nH]c2c1CNCC2.Cl. The van der Waals surface area contributed by atoms with E-state index in [2.05, 4.69) is 27.8 Å². The lowest BCUT2D eigenvalue weighted by atomic mass is 9.94. The summed E-state index contributed by atoms with van der Waals surface area (Å²) in [5.41, 5.74) is 2.75. The average Bonchev–Trinajstić information content (AvgIpc) is 2.93. The van der Waals surface area contributed by atoms with Crippen molar-refractivity contribution >= 4 is 30.1 Å². The number of carbonyl (C=O) groups is 1. The van der Waals surface area contributed by atoms with Crippen LogP contribution in [0.1, 0.15) is 54.4 Å². The molecule has 7 heteroatoms. The largest absolute Gasteiger partial charge is 0.347 e. The number of H-pyrrole nitrogens is 1. The molecule has 124 valence electrons. The lowest BCUT2D eigenvalue weighted by Gasteiger charge is -2.31. The summed E-state index contributed by atoms with van der Waals surface area (Å²) in [6, 6.07) is 0.292. The number of fused-ring (bicyclic) bond motifs is 1. The molecule has 1 aromatic rings. The number of hydrogen-bond acceptors (Lipinski definition) is 4. The number of hydrogen-bond donors (Lipinski definition) is 3. The van der Waals surface area contributed by atoms with Crippen molar-refractivity contribution in [3.05, 3.63) is 17.0 Å². The van der Waals surface area contributed by atoms with Crippen LogP contribution in [0.25, 0.3) is 0 Å². The van der Waals surface area contributed by atoms with Gasteiger partial charge in [-0.1, -0.05) is 19.8 Å². The summed E-state index contributed by atoms with van der Waals surface area (Å²) in [5, 5.41) is 14.4. The number of halogens is 1. The summed E-state index contributed by atoms with van der Waals surface area (Å²) >= 11 is 1.97. The van der Waals surface area contributed by atoms with Gasteiger partial charge in [0.15, 0.2) is 5.69 Å². The molecular weight excluding hydrogens is 320 g/mol. The molecule has 1 saturated carbocycles. The summed E-state index contributed by atoms with van der Waals surface area (Å²) in [7, 11) is 0. The fraction of sp³-hybridized carbons (Fsp3) is 0.733. The zero-order chi connectivity index (χ0) is 14.7. The van der Waals surface area contributed by atoms with E-state index >= 15 is 0 Å². The van der Waals surface area contributed by atoms with E-state index < -0.39 is 0 Å². The first-order valence-corrected chi connectivity index (χ1v) is 9.03. The van der Waals surface area contributed by atoms with Crippen molar-refractivity contribution < 1.29 is 4.79 Å². The molecule has 0 saturated heterocycles. The smallest absolute Gasteiger partial charge is 0.272 e. The van der Waals surface area contributed by atoms with E-state index in [1.807, 2.05) is 11.8 Å². The van der Waals surface area contributed by atoms with Gasteiger partial charge in [-0.3, -0.25) is 9.89 Å². The Balaban J connectivity index is 0.00000176. The lowest BCUT2D eigenvalue weighted by Crippen LogP contribution is -2.44. The molecule has 0 bridgehead atoms. The van der Waals surface area contributed by atoms with Gasteiger partial charge < -0.3 is 10.6 Å². The normalized spacial score (nSPS) is 24.2. The monoisotopic (exact) mass is 344 g/mol. The minimum Gasteiger partial charge on any atom is -0.347 e. The Morgan fingerprint density at radius 1 is 1.41 bits per heavy atom. The van der Waals surface area contributed by atoms with E-state index in [0.29, 0.717) is 17.0 Å². The number of carbonyl (C=O) groups excluding carboxylic acids is 1. The van der Waals surface area contributed by atoms with Crippen molar-refractivity contribution in [3.8, 4) is 0 Å². The molecule has 3 N–H and O–H groups in total. The average molecular weight is 345 g/mol. The summed E-state index contributed by atoms with van der Waals surface area (Å²) in [6.45, 7) is 3.88. The van der Waals surface area contributed by atoms with Crippen LogP contribution in [0.3, 0.4) is 0 Å². The fourth-order valence-corrected chi connectivity index (χ4v) is 4.52. The molecule has 3 rings (SSSR count). The number of nitrogens with zero attached hydrogens (tertiary/aromatic N) is 1. The van der Waals surface area contributed by atoms with Crippen LogP contribution in [0.15, 0.2) is 0 Å². The third-order valence-corrected chi connectivity index (χ3v) is 5.75. The molecule has 1 fully saturated rings. The standard InChI is InChI=1S/C15H24N4OS.ClH/c1-2-21-13-6-4-3-5-12(13)17-15(20)14-10-9-16-8-7-11(10)18-19-14;/h12-13,16H,2-9H2,1H3,(H,17,20)(H,18,19);1H. The van der Waals surface area contributed by atoms with Gasteiger partial charge in [0.25, 0.3) is 5.91 Å². The van der Waals surface area contributed by atoms with E-state index in [1.54, 1.807) is 0 Å². The topological polar surface area (TPSA) is 69.8 Å². The molecule has 2 atom stereocenters. The van der Waals surface area contributed by atoms with Crippen LogP contribution in [-0.2, 0) is 13.0 Å². The zero-order valence-electron chi connectivity index (χ0n) is 13.0. The third kappa shape index (κ3) is 3.78. The molecule has 0 aromatic carbocycles. The Morgan fingerprint density at radius 2 is 2.23 bits per heavy atom. The highest BCUT2D eigenvalue weighted by Gasteiger charge is 2.29. The number of thioether (sulfide) groups is 1. The molecule has 1 aliphatic heterocycles. The van der Waals surface area contributed by atoms with Crippen LogP contribution < -0.4 is 10.6 Å². The number of aromatic nitrogens is 2. The van der Waals surface area contributed by atoms with E-state index in [-0.39, 0.29) is 18.3 Å². The maximum Gasteiger partial charge on any atom is 0.272 e. The van der Waals surface area contributed by atoms with Gasteiger partial charge in [-0.25, -0.2) is 0 Å². The van der Waals surface area contributed by atoms with Crippen molar-refractivity contribution in [2.45, 2.75) is 56.9 Å². The van der Waals surface area contributed by atoms with Crippen molar-refractivity contribution in [2.24, 2.45) is 0 Å². The Morgan fingerprint density at radius 3 is 3.05 bits per heavy atom. The van der Waals surface area contributed by atoms with Crippen molar-refractivity contribution in [3.63, 3.8) is 0 Å². The molecule has 0 radical (unpaired) electrons. The number of aromatic amines is 1. The Bertz CT molecular complexity index is 506. The molecule has 2 unspecified atom stereocenters. The minimum absolute atomic E-state index is 0. The summed E-state index contributed by atoms with van der Waals surface area (Å²) in [6.07, 6.45) is 5.73. The van der Waals surface area contributed by atoms with Crippen molar-refractivity contribution in [2.75, 3.05) is 12.3 Å². The predicted octanol–water partition coefficient (Wildman–Crippen LogP) is 2.27. The van der Waals surface area contributed by atoms with Gasteiger partial charge in [0.05, 0.1) is 0 Å². The Hall–Kier alpha value is -0.720. The molecule has 5 nitrogen and oxygen atoms in total. The van der Waals surface area contributed by atoms with Crippen LogP contribution in [0.4, 0.5) is 0 Å². The summed E-state index contributed by atoms with van der Waals surface area (Å²) in [5.74, 6) is 1.10. The van der Waals surface area contributed by atoms with Gasteiger partial charge in [-0.15, -0.1) is 12.4 Å². The van der Waals surface area contributed by atoms with Gasteiger partial charge in [0.2, 0.25) is 0 Å². The van der Waals surface area contributed by atoms with Crippen LogP contribution >= 0.6 is 24.2 Å². The van der Waals surface area contributed by atoms with E-state index in [9.17, 15) is 4.79 Å². The van der Waals surface area contributed by atoms with Crippen LogP contribution in [0, 0.1) is 0 Å². The second-order valence-corrected chi connectivity index (χ2v) is 7.33.